The van der Waals surface area contributed by atoms with E-state index < -0.39 is 17.6 Å². The first-order valence-corrected chi connectivity index (χ1v) is 8.90. The third-order valence-electron chi connectivity index (χ3n) is 3.45. The number of hydrogen-bond acceptors (Lipinski definition) is 6. The molecule has 1 heterocycles. The summed E-state index contributed by atoms with van der Waals surface area (Å²) < 4.78 is 29.6. The number of hydrogen-bond donors (Lipinski definition) is 2. The minimum absolute atomic E-state index is 0.0408. The third kappa shape index (κ3) is 6.62. The van der Waals surface area contributed by atoms with Gasteiger partial charge in [0.25, 0.3) is 11.7 Å². The summed E-state index contributed by atoms with van der Waals surface area (Å²) in [5.41, 5.74) is 1.13. The minimum Gasteiger partial charge on any atom is -0.468 e. The molecule has 1 aromatic heterocycles. The van der Waals surface area contributed by atoms with Crippen LogP contribution in [0, 0.1) is 0 Å². The molecule has 0 saturated heterocycles. The Labute approximate surface area is 163 Å². The lowest BCUT2D eigenvalue weighted by atomic mass is 10.1. The highest BCUT2D eigenvalue weighted by atomic mass is 32.2. The fourth-order valence-corrected chi connectivity index (χ4v) is 2.72. The Morgan fingerprint density at radius 1 is 1.18 bits per heavy atom. The van der Waals surface area contributed by atoms with Crippen LogP contribution >= 0.6 is 11.8 Å². The highest BCUT2D eigenvalue weighted by Gasteiger charge is 2.17. The predicted molar refractivity (Wildman–Crippen MR) is 99.2 cm³/mol. The molecule has 0 radical (unpaired) electrons. The summed E-state index contributed by atoms with van der Waals surface area (Å²) in [4.78, 5) is 38.9. The lowest BCUT2D eigenvalue weighted by Gasteiger charge is -2.09. The molecule has 2 N–H and O–H groups in total. The monoisotopic (exact) mass is 409 g/mol. The number of halogens is 2. The fourth-order valence-electron chi connectivity index (χ4n) is 2.14. The van der Waals surface area contributed by atoms with Gasteiger partial charge in [0.1, 0.15) is 11.6 Å². The Morgan fingerprint density at radius 3 is 2.54 bits per heavy atom. The van der Waals surface area contributed by atoms with Crippen molar-refractivity contribution in [1.82, 2.24) is 10.3 Å². The van der Waals surface area contributed by atoms with Crippen LogP contribution in [-0.4, -0.2) is 42.2 Å². The second-order valence-corrected chi connectivity index (χ2v) is 6.39. The number of anilines is 1. The van der Waals surface area contributed by atoms with Gasteiger partial charge in [0.05, 0.1) is 19.1 Å². The standard InChI is InChI=1S/C18H17F2N3O4S/c1-27-15(25)10-22-14(24)9-11-4-6-12(7-5-11)23-16(26)13-3-2-8-21-17(13)28-18(19)20/h2-8,18H,9-10H2,1H3,(H,22,24)(H,23,26). The number of benzene rings is 1. The third-order valence-corrected chi connectivity index (χ3v) is 4.18. The van der Waals surface area contributed by atoms with Crippen LogP contribution in [0.25, 0.3) is 0 Å². The normalized spacial score (nSPS) is 10.4. The van der Waals surface area contributed by atoms with E-state index in [4.69, 9.17) is 0 Å². The first-order valence-electron chi connectivity index (χ1n) is 8.02. The van der Waals surface area contributed by atoms with Crippen molar-refractivity contribution in [2.75, 3.05) is 19.0 Å². The first kappa shape index (κ1) is 21.3. The van der Waals surface area contributed by atoms with Crippen LogP contribution in [0.3, 0.4) is 0 Å². The van der Waals surface area contributed by atoms with Gasteiger partial charge < -0.3 is 15.4 Å². The summed E-state index contributed by atoms with van der Waals surface area (Å²) in [6, 6.07) is 9.32. The smallest absolute Gasteiger partial charge is 0.325 e. The van der Waals surface area contributed by atoms with E-state index in [0.717, 1.165) is 0 Å². The number of amides is 2. The molecule has 0 aliphatic carbocycles. The number of carbonyl (C=O) groups excluding carboxylic acids is 3. The largest absolute Gasteiger partial charge is 0.468 e. The summed E-state index contributed by atoms with van der Waals surface area (Å²) >= 11 is 0.199. The van der Waals surface area contributed by atoms with Crippen molar-refractivity contribution in [2.45, 2.75) is 17.2 Å². The van der Waals surface area contributed by atoms with Crippen LogP contribution in [-0.2, 0) is 20.7 Å². The van der Waals surface area contributed by atoms with Gasteiger partial charge in [0, 0.05) is 11.9 Å². The number of aromatic nitrogens is 1. The lowest BCUT2D eigenvalue weighted by Crippen LogP contribution is -2.31. The summed E-state index contributed by atoms with van der Waals surface area (Å²) in [6.45, 7) is -0.215. The number of carbonyl (C=O) groups is 3. The zero-order chi connectivity index (χ0) is 20.5. The Bertz CT molecular complexity index is 847. The van der Waals surface area contributed by atoms with Gasteiger partial charge in [-0.3, -0.25) is 14.4 Å². The van der Waals surface area contributed by atoms with Crippen LogP contribution in [0.15, 0.2) is 47.6 Å². The van der Waals surface area contributed by atoms with Crippen LogP contribution in [0.2, 0.25) is 0 Å². The molecule has 0 bridgehead atoms. The van der Waals surface area contributed by atoms with Crippen molar-refractivity contribution in [3.63, 3.8) is 0 Å². The van der Waals surface area contributed by atoms with E-state index in [1.54, 1.807) is 24.3 Å². The molecule has 10 heteroatoms. The topological polar surface area (TPSA) is 97.4 Å². The maximum absolute atomic E-state index is 12.6. The van der Waals surface area contributed by atoms with E-state index >= 15 is 0 Å². The second-order valence-electron chi connectivity index (χ2n) is 5.42. The molecule has 28 heavy (non-hydrogen) atoms. The van der Waals surface area contributed by atoms with Gasteiger partial charge in [-0.1, -0.05) is 12.1 Å². The molecule has 0 fully saturated rings. The molecule has 2 rings (SSSR count). The molecule has 0 spiro atoms. The number of pyridine rings is 1. The Hall–Kier alpha value is -3.01. The summed E-state index contributed by atoms with van der Waals surface area (Å²) in [6.07, 6.45) is 1.38. The molecule has 0 aliphatic heterocycles. The van der Waals surface area contributed by atoms with Crippen LogP contribution in [0.4, 0.5) is 14.5 Å². The fraction of sp³-hybridized carbons (Fsp3) is 0.222. The van der Waals surface area contributed by atoms with Gasteiger partial charge in [-0.2, -0.15) is 8.78 Å². The molecule has 2 aromatic rings. The van der Waals surface area contributed by atoms with Crippen LogP contribution in [0.1, 0.15) is 15.9 Å². The van der Waals surface area contributed by atoms with Gasteiger partial charge in [0.2, 0.25) is 5.91 Å². The maximum Gasteiger partial charge on any atom is 0.325 e. The zero-order valence-corrected chi connectivity index (χ0v) is 15.6. The maximum atomic E-state index is 12.6. The molecule has 0 atom stereocenters. The van der Waals surface area contributed by atoms with E-state index in [-0.39, 0.29) is 41.2 Å². The molecule has 148 valence electrons. The van der Waals surface area contributed by atoms with E-state index in [0.29, 0.717) is 11.3 Å². The van der Waals surface area contributed by atoms with Crippen LogP contribution in [0.5, 0.6) is 0 Å². The molecular weight excluding hydrogens is 392 g/mol. The average molecular weight is 409 g/mol. The van der Waals surface area contributed by atoms with Gasteiger partial charge in [-0.25, -0.2) is 4.98 Å². The van der Waals surface area contributed by atoms with Gasteiger partial charge in [-0.15, -0.1) is 0 Å². The summed E-state index contributed by atoms with van der Waals surface area (Å²) in [5.74, 6) is -4.16. The Morgan fingerprint density at radius 2 is 1.89 bits per heavy atom. The van der Waals surface area contributed by atoms with E-state index in [1.165, 1.54) is 25.4 Å². The molecule has 7 nitrogen and oxygen atoms in total. The highest BCUT2D eigenvalue weighted by Crippen LogP contribution is 2.26. The van der Waals surface area contributed by atoms with E-state index in [1.807, 2.05) is 0 Å². The molecule has 0 aliphatic rings. The Balaban J connectivity index is 1.96. The van der Waals surface area contributed by atoms with Crippen molar-refractivity contribution < 1.29 is 27.9 Å². The lowest BCUT2D eigenvalue weighted by molar-refractivity contribution is -0.141. The number of esters is 1. The number of nitrogens with zero attached hydrogens (tertiary/aromatic N) is 1. The molecule has 0 unspecified atom stereocenters. The summed E-state index contributed by atoms with van der Waals surface area (Å²) in [7, 11) is 1.22. The van der Waals surface area contributed by atoms with Gasteiger partial charge in [-0.05, 0) is 41.6 Å². The zero-order valence-electron chi connectivity index (χ0n) is 14.8. The predicted octanol–water partition coefficient (Wildman–Crippen LogP) is 2.48. The second kappa shape index (κ2) is 10.4. The molecule has 1 aromatic carbocycles. The number of alkyl halides is 2. The number of thioether (sulfide) groups is 1. The number of nitrogens with one attached hydrogen (secondary N) is 2. The van der Waals surface area contributed by atoms with Crippen molar-refractivity contribution in [3.8, 4) is 0 Å². The van der Waals surface area contributed by atoms with E-state index in [9.17, 15) is 23.2 Å². The minimum atomic E-state index is -2.69. The Kier molecular flexibility index (Phi) is 7.88. The number of rotatable bonds is 8. The van der Waals surface area contributed by atoms with Crippen molar-refractivity contribution in [3.05, 3.63) is 53.7 Å². The van der Waals surface area contributed by atoms with Crippen LogP contribution < -0.4 is 10.6 Å². The summed E-state index contributed by atoms with van der Waals surface area (Å²) in [5, 5.41) is 4.96. The quantitative estimate of drug-likeness (QED) is 0.514. The van der Waals surface area contributed by atoms with Crippen molar-refractivity contribution >= 4 is 35.2 Å². The van der Waals surface area contributed by atoms with Gasteiger partial charge >= 0.3 is 5.97 Å². The SMILES string of the molecule is COC(=O)CNC(=O)Cc1ccc(NC(=O)c2cccnc2SC(F)F)cc1. The number of methoxy groups -OCH3 is 1. The first-order chi connectivity index (χ1) is 13.4. The van der Waals surface area contributed by atoms with Gasteiger partial charge in [0.15, 0.2) is 0 Å². The molecule has 0 saturated carbocycles. The van der Waals surface area contributed by atoms with Crippen molar-refractivity contribution in [1.29, 1.82) is 0 Å². The average Bonchev–Trinajstić information content (AvgIpc) is 2.67. The van der Waals surface area contributed by atoms with Crippen molar-refractivity contribution in [2.24, 2.45) is 0 Å². The van der Waals surface area contributed by atoms with E-state index in [2.05, 4.69) is 20.4 Å². The molecular formula is C18H17F2N3O4S. The highest BCUT2D eigenvalue weighted by molar-refractivity contribution is 7.99. The number of ether oxygens (including phenoxy) is 1. The molecule has 2 amide bonds.